The van der Waals surface area contributed by atoms with E-state index in [1.807, 2.05) is 24.3 Å². The van der Waals surface area contributed by atoms with Gasteiger partial charge in [0.1, 0.15) is 0 Å². The van der Waals surface area contributed by atoms with Crippen molar-refractivity contribution < 1.29 is 0 Å². The molecule has 0 radical (unpaired) electrons. The maximum atomic E-state index is 8.98. The zero-order valence-electron chi connectivity index (χ0n) is 14.7. The molecule has 3 aromatic rings. The first-order chi connectivity index (χ1) is 12.3. The summed E-state index contributed by atoms with van der Waals surface area (Å²) < 4.78 is 0. The highest BCUT2D eigenvalue weighted by Crippen LogP contribution is 2.32. The Morgan fingerprint density at radius 1 is 0.720 bits per heavy atom. The van der Waals surface area contributed by atoms with Crippen LogP contribution >= 0.6 is 0 Å². The van der Waals surface area contributed by atoms with E-state index in [0.717, 1.165) is 12.0 Å². The summed E-state index contributed by atoms with van der Waals surface area (Å²) in [5, 5.41) is 8.98. The Hall–Kier alpha value is -2.85. The standard InChI is InChI=1S/C24H23N/c1-2-3-4-7-19-10-14-21(15-11-19)23-8-5-6-9-24(23)22-16-12-20(18-25)13-17-22/h5-6,8-17H,2-4,7H2,1H3. The van der Waals surface area contributed by atoms with Gasteiger partial charge >= 0.3 is 0 Å². The molecule has 0 atom stereocenters. The van der Waals surface area contributed by atoms with Gasteiger partial charge in [-0.1, -0.05) is 80.4 Å². The molecule has 124 valence electrons. The molecule has 1 heteroatoms. The highest BCUT2D eigenvalue weighted by molar-refractivity contribution is 5.83. The summed E-state index contributed by atoms with van der Waals surface area (Å²) in [4.78, 5) is 0. The van der Waals surface area contributed by atoms with Crippen molar-refractivity contribution in [2.24, 2.45) is 0 Å². The Morgan fingerprint density at radius 2 is 1.28 bits per heavy atom. The van der Waals surface area contributed by atoms with Crippen LogP contribution in [0.5, 0.6) is 0 Å². The van der Waals surface area contributed by atoms with Crippen LogP contribution < -0.4 is 0 Å². The third-order valence-corrected chi connectivity index (χ3v) is 4.59. The summed E-state index contributed by atoms with van der Waals surface area (Å²) in [6.07, 6.45) is 4.97. The molecule has 0 spiro atoms. The summed E-state index contributed by atoms with van der Waals surface area (Å²) in [6.45, 7) is 2.24. The average molecular weight is 325 g/mol. The van der Waals surface area contributed by atoms with Gasteiger partial charge in [0.15, 0.2) is 0 Å². The van der Waals surface area contributed by atoms with Crippen molar-refractivity contribution in [3.8, 4) is 28.3 Å². The molecule has 25 heavy (non-hydrogen) atoms. The predicted octanol–water partition coefficient (Wildman–Crippen LogP) is 6.62. The predicted molar refractivity (Wildman–Crippen MR) is 105 cm³/mol. The average Bonchev–Trinajstić information content (AvgIpc) is 2.69. The van der Waals surface area contributed by atoms with Crippen LogP contribution in [-0.4, -0.2) is 0 Å². The van der Waals surface area contributed by atoms with Crippen molar-refractivity contribution >= 4 is 0 Å². The minimum absolute atomic E-state index is 0.692. The van der Waals surface area contributed by atoms with Gasteiger partial charge < -0.3 is 0 Å². The Balaban J connectivity index is 1.89. The molecule has 3 rings (SSSR count). The van der Waals surface area contributed by atoms with Crippen LogP contribution in [0.3, 0.4) is 0 Å². The summed E-state index contributed by atoms with van der Waals surface area (Å²) in [7, 11) is 0. The lowest BCUT2D eigenvalue weighted by Gasteiger charge is -2.11. The number of nitrogens with zero attached hydrogens (tertiary/aromatic N) is 1. The van der Waals surface area contributed by atoms with Crippen LogP contribution in [0.15, 0.2) is 72.8 Å². The smallest absolute Gasteiger partial charge is 0.0991 e. The van der Waals surface area contributed by atoms with Crippen molar-refractivity contribution in [1.82, 2.24) is 0 Å². The Kier molecular flexibility index (Phi) is 5.65. The van der Waals surface area contributed by atoms with Gasteiger partial charge in [-0.3, -0.25) is 0 Å². The maximum Gasteiger partial charge on any atom is 0.0991 e. The van der Waals surface area contributed by atoms with Gasteiger partial charge in [0.2, 0.25) is 0 Å². The molecule has 0 amide bonds. The fourth-order valence-electron chi connectivity index (χ4n) is 3.14. The van der Waals surface area contributed by atoms with Crippen molar-refractivity contribution in [2.75, 3.05) is 0 Å². The van der Waals surface area contributed by atoms with Crippen molar-refractivity contribution in [2.45, 2.75) is 32.6 Å². The van der Waals surface area contributed by atoms with E-state index in [9.17, 15) is 0 Å². The molecular formula is C24H23N. The largest absolute Gasteiger partial charge is 0.192 e. The molecule has 0 unspecified atom stereocenters. The molecule has 0 heterocycles. The quantitative estimate of drug-likeness (QED) is 0.467. The van der Waals surface area contributed by atoms with Gasteiger partial charge in [-0.25, -0.2) is 0 Å². The van der Waals surface area contributed by atoms with Gasteiger partial charge in [-0.2, -0.15) is 5.26 Å². The second-order valence-corrected chi connectivity index (χ2v) is 6.39. The first-order valence-electron chi connectivity index (χ1n) is 9.00. The molecule has 0 N–H and O–H groups in total. The molecule has 0 aliphatic rings. The topological polar surface area (TPSA) is 23.8 Å². The minimum Gasteiger partial charge on any atom is -0.192 e. The van der Waals surface area contributed by atoms with E-state index in [1.165, 1.54) is 41.5 Å². The number of rotatable bonds is 6. The van der Waals surface area contributed by atoms with Crippen LogP contribution in [0, 0.1) is 11.3 Å². The van der Waals surface area contributed by atoms with Gasteiger partial charge in [-0.15, -0.1) is 0 Å². The van der Waals surface area contributed by atoms with Crippen molar-refractivity contribution in [1.29, 1.82) is 5.26 Å². The lowest BCUT2D eigenvalue weighted by Crippen LogP contribution is -1.88. The van der Waals surface area contributed by atoms with Crippen LogP contribution in [-0.2, 0) is 6.42 Å². The number of hydrogen-bond acceptors (Lipinski definition) is 1. The lowest BCUT2D eigenvalue weighted by molar-refractivity contribution is 0.717. The number of unbranched alkanes of at least 4 members (excludes halogenated alkanes) is 2. The lowest BCUT2D eigenvalue weighted by atomic mass is 9.93. The molecule has 0 aromatic heterocycles. The number of nitriles is 1. The third-order valence-electron chi connectivity index (χ3n) is 4.59. The summed E-state index contributed by atoms with van der Waals surface area (Å²) in [6, 6.07) is 27.4. The van der Waals surface area contributed by atoms with Gasteiger partial charge in [-0.05, 0) is 52.8 Å². The van der Waals surface area contributed by atoms with Gasteiger partial charge in [0.05, 0.1) is 11.6 Å². The Labute approximate surface area is 150 Å². The Morgan fingerprint density at radius 3 is 1.80 bits per heavy atom. The zero-order valence-corrected chi connectivity index (χ0v) is 14.7. The SMILES string of the molecule is CCCCCc1ccc(-c2ccccc2-c2ccc(C#N)cc2)cc1. The van der Waals surface area contributed by atoms with E-state index < -0.39 is 0 Å². The Bertz CT molecular complexity index is 852. The van der Waals surface area contributed by atoms with Gasteiger partial charge in [0.25, 0.3) is 0 Å². The van der Waals surface area contributed by atoms with E-state index in [4.69, 9.17) is 5.26 Å². The van der Waals surface area contributed by atoms with E-state index in [2.05, 4.69) is 61.5 Å². The van der Waals surface area contributed by atoms with Crippen LogP contribution in [0.1, 0.15) is 37.3 Å². The highest BCUT2D eigenvalue weighted by Gasteiger charge is 2.07. The summed E-state index contributed by atoms with van der Waals surface area (Å²) in [5.41, 5.74) is 6.91. The third kappa shape index (κ3) is 4.17. The van der Waals surface area contributed by atoms with Gasteiger partial charge in [0, 0.05) is 0 Å². The van der Waals surface area contributed by atoms with E-state index in [1.54, 1.807) is 0 Å². The molecule has 0 fully saturated rings. The molecule has 1 nitrogen and oxygen atoms in total. The van der Waals surface area contributed by atoms with Crippen molar-refractivity contribution in [3.63, 3.8) is 0 Å². The number of hydrogen-bond donors (Lipinski definition) is 0. The first-order valence-corrected chi connectivity index (χ1v) is 9.00. The molecule has 0 bridgehead atoms. The number of aryl methyl sites for hydroxylation is 1. The molecular weight excluding hydrogens is 302 g/mol. The molecule has 0 aliphatic carbocycles. The number of benzene rings is 3. The van der Waals surface area contributed by atoms with Crippen LogP contribution in [0.25, 0.3) is 22.3 Å². The monoisotopic (exact) mass is 325 g/mol. The van der Waals surface area contributed by atoms with E-state index in [-0.39, 0.29) is 0 Å². The maximum absolute atomic E-state index is 8.98. The minimum atomic E-state index is 0.692. The normalized spacial score (nSPS) is 10.4. The summed E-state index contributed by atoms with van der Waals surface area (Å²) in [5.74, 6) is 0. The van der Waals surface area contributed by atoms with Crippen molar-refractivity contribution in [3.05, 3.63) is 83.9 Å². The fraction of sp³-hybridized carbons (Fsp3) is 0.208. The van der Waals surface area contributed by atoms with Crippen LogP contribution in [0.4, 0.5) is 0 Å². The molecule has 0 saturated carbocycles. The highest BCUT2D eigenvalue weighted by atomic mass is 14.2. The first kappa shape index (κ1) is 17.0. The molecule has 0 aliphatic heterocycles. The van der Waals surface area contributed by atoms with Crippen LogP contribution in [0.2, 0.25) is 0 Å². The second-order valence-electron chi connectivity index (χ2n) is 6.39. The molecule has 0 saturated heterocycles. The van der Waals surface area contributed by atoms with E-state index >= 15 is 0 Å². The zero-order chi connectivity index (χ0) is 17.5. The second kappa shape index (κ2) is 8.31. The summed E-state index contributed by atoms with van der Waals surface area (Å²) >= 11 is 0. The van der Waals surface area contributed by atoms with E-state index in [0.29, 0.717) is 5.56 Å². The fourth-order valence-corrected chi connectivity index (χ4v) is 3.14. The molecule has 3 aromatic carbocycles.